The number of rotatable bonds is 1. The van der Waals surface area contributed by atoms with Crippen LogP contribution in [-0.4, -0.2) is 24.4 Å². The Morgan fingerprint density at radius 1 is 1.67 bits per heavy atom. The molecule has 1 heterocycles. The van der Waals surface area contributed by atoms with E-state index in [2.05, 4.69) is 5.32 Å². The third-order valence-corrected chi connectivity index (χ3v) is 1.68. The van der Waals surface area contributed by atoms with Gasteiger partial charge in [-0.3, -0.25) is 4.79 Å². The van der Waals surface area contributed by atoms with Gasteiger partial charge in [0, 0.05) is 12.8 Å². The van der Waals surface area contributed by atoms with Crippen LogP contribution in [0.25, 0.3) is 0 Å². The van der Waals surface area contributed by atoms with E-state index in [1.54, 1.807) is 6.92 Å². The number of methoxy groups -OCH3 is 1. The van der Waals surface area contributed by atoms with Crippen LogP contribution in [0.2, 0.25) is 0 Å². The number of nitrogens with zero attached hydrogens (tertiary/aromatic N) is 1. The largest absolute Gasteiger partial charge is 0.393 e. The quantitative estimate of drug-likeness (QED) is 0.327. The number of ether oxygens (including phenoxy) is 1. The van der Waals surface area contributed by atoms with E-state index in [9.17, 15) is 4.79 Å². The lowest BCUT2D eigenvalue weighted by atomic mass is 10.3. The summed E-state index contributed by atoms with van der Waals surface area (Å²) in [6, 6.07) is 0. The number of carbonyl (C=O) groups excluding carboxylic acids is 1. The van der Waals surface area contributed by atoms with E-state index in [4.69, 9.17) is 16.3 Å². The van der Waals surface area contributed by atoms with Gasteiger partial charge >= 0.3 is 0 Å². The Morgan fingerprint density at radius 2 is 2.25 bits per heavy atom. The number of amides is 1. The van der Waals surface area contributed by atoms with Gasteiger partial charge in [0.05, 0.1) is 0 Å². The third kappa shape index (κ3) is 1.21. The van der Waals surface area contributed by atoms with E-state index in [0.29, 0.717) is 5.70 Å². The maximum absolute atomic E-state index is 11.2. The average Bonchev–Trinajstić information content (AvgIpc) is 2.08. The highest BCUT2D eigenvalue weighted by Crippen LogP contribution is 2.08. The van der Waals surface area contributed by atoms with Gasteiger partial charge in [0.1, 0.15) is 5.70 Å². The van der Waals surface area contributed by atoms with Gasteiger partial charge in [-0.05, 0) is 6.92 Å². The topological polar surface area (TPSA) is 93.6 Å². The van der Waals surface area contributed by atoms with Crippen LogP contribution in [0.3, 0.4) is 0 Å². The zero-order chi connectivity index (χ0) is 9.30. The van der Waals surface area contributed by atoms with Gasteiger partial charge in [0.15, 0.2) is 0 Å². The zero-order valence-electron chi connectivity index (χ0n) is 7.00. The lowest BCUT2D eigenvalue weighted by Crippen LogP contribution is -2.58. The average molecular weight is 172 g/mol. The van der Waals surface area contributed by atoms with Crippen LogP contribution in [-0.2, 0) is 9.53 Å². The second-order valence-corrected chi connectivity index (χ2v) is 2.48. The monoisotopic (exact) mass is 172 g/mol. The molecule has 0 fully saturated rings. The molecule has 6 heteroatoms. The molecule has 1 atom stereocenters. The summed E-state index contributed by atoms with van der Waals surface area (Å²) < 4.78 is 4.87. The second kappa shape index (κ2) is 3.00. The molecule has 1 unspecified atom stereocenters. The molecular weight excluding hydrogens is 160 g/mol. The first-order valence-corrected chi connectivity index (χ1v) is 3.42. The highest BCUT2D eigenvalue weighted by Gasteiger charge is 2.28. The molecule has 0 saturated carbocycles. The van der Waals surface area contributed by atoms with E-state index in [0.717, 1.165) is 5.01 Å². The van der Waals surface area contributed by atoms with Crippen LogP contribution in [0.15, 0.2) is 11.4 Å². The molecule has 0 radical (unpaired) electrons. The minimum atomic E-state index is -0.634. The fourth-order valence-electron chi connectivity index (χ4n) is 0.911. The third-order valence-electron chi connectivity index (χ3n) is 1.68. The number of hydrogen-bond acceptors (Lipinski definition) is 5. The lowest BCUT2D eigenvalue weighted by molar-refractivity contribution is -0.145. The van der Waals surface area contributed by atoms with Crippen LogP contribution < -0.4 is 16.9 Å². The number of carbonyl (C=O) groups is 1. The predicted octanol–water partition coefficient (Wildman–Crippen LogP) is -1.59. The molecule has 12 heavy (non-hydrogen) atoms. The minimum Gasteiger partial charge on any atom is -0.393 e. The van der Waals surface area contributed by atoms with Crippen LogP contribution in [0.4, 0.5) is 0 Å². The van der Waals surface area contributed by atoms with Gasteiger partial charge in [0.2, 0.25) is 6.35 Å². The molecular formula is C6H12N4O2. The highest BCUT2D eigenvalue weighted by atomic mass is 16.5. The Hall–Kier alpha value is -1.27. The second-order valence-electron chi connectivity index (χ2n) is 2.48. The number of nitrogens with one attached hydrogen (secondary N) is 1. The molecule has 0 aliphatic carbocycles. The molecule has 0 aromatic carbocycles. The number of hydrazine groups is 1. The standard InChI is InChI=1S/C6H12N4O2/c1-3-4(7)5(11)10(8)6(9-3)12-2/h6,9H,7-8H2,1-2H3. The summed E-state index contributed by atoms with van der Waals surface area (Å²) in [6.07, 6.45) is -0.634. The summed E-state index contributed by atoms with van der Waals surface area (Å²) in [7, 11) is 1.44. The summed E-state index contributed by atoms with van der Waals surface area (Å²) >= 11 is 0. The van der Waals surface area contributed by atoms with E-state index in [1.807, 2.05) is 0 Å². The maximum atomic E-state index is 11.2. The fraction of sp³-hybridized carbons (Fsp3) is 0.500. The molecule has 0 bridgehead atoms. The molecule has 1 amide bonds. The van der Waals surface area contributed by atoms with Gasteiger partial charge in [-0.15, -0.1) is 0 Å². The molecule has 6 nitrogen and oxygen atoms in total. The van der Waals surface area contributed by atoms with Crippen molar-refractivity contribution in [2.24, 2.45) is 11.6 Å². The van der Waals surface area contributed by atoms with E-state index < -0.39 is 12.3 Å². The highest BCUT2D eigenvalue weighted by molar-refractivity contribution is 5.93. The molecule has 1 aliphatic heterocycles. The maximum Gasteiger partial charge on any atom is 0.289 e. The van der Waals surface area contributed by atoms with E-state index in [1.165, 1.54) is 7.11 Å². The van der Waals surface area contributed by atoms with Crippen molar-refractivity contribution in [1.29, 1.82) is 0 Å². The van der Waals surface area contributed by atoms with Gasteiger partial charge < -0.3 is 15.8 Å². The van der Waals surface area contributed by atoms with Crippen LogP contribution in [0.5, 0.6) is 0 Å². The lowest BCUT2D eigenvalue weighted by Gasteiger charge is -2.32. The summed E-state index contributed by atoms with van der Waals surface area (Å²) in [5, 5.41) is 3.71. The molecule has 1 aliphatic rings. The van der Waals surface area contributed by atoms with Crippen molar-refractivity contribution < 1.29 is 9.53 Å². The first kappa shape index (κ1) is 8.82. The summed E-state index contributed by atoms with van der Waals surface area (Å²) in [4.78, 5) is 11.2. The molecule has 68 valence electrons. The van der Waals surface area contributed by atoms with E-state index in [-0.39, 0.29) is 5.70 Å². The summed E-state index contributed by atoms with van der Waals surface area (Å²) in [5.74, 6) is 4.94. The van der Waals surface area contributed by atoms with Crippen molar-refractivity contribution in [1.82, 2.24) is 10.3 Å². The Labute approximate surface area is 70.1 Å². The van der Waals surface area contributed by atoms with Crippen LogP contribution >= 0.6 is 0 Å². The molecule has 0 aromatic heterocycles. The summed E-state index contributed by atoms with van der Waals surface area (Å²) in [6.45, 7) is 1.69. The number of hydrogen-bond donors (Lipinski definition) is 3. The van der Waals surface area contributed by atoms with E-state index >= 15 is 0 Å². The number of nitrogens with two attached hydrogens (primary N) is 2. The first-order valence-electron chi connectivity index (χ1n) is 3.42. The zero-order valence-corrected chi connectivity index (χ0v) is 7.00. The molecule has 0 aromatic rings. The Morgan fingerprint density at radius 3 is 2.75 bits per heavy atom. The summed E-state index contributed by atoms with van der Waals surface area (Å²) in [5.41, 5.74) is 6.11. The van der Waals surface area contributed by atoms with Crippen molar-refractivity contribution in [3.05, 3.63) is 11.4 Å². The Bertz CT molecular complexity index is 238. The number of allylic oxidation sites excluding steroid dienone is 1. The van der Waals surface area contributed by atoms with Crippen molar-refractivity contribution in [3.8, 4) is 0 Å². The van der Waals surface area contributed by atoms with Gasteiger partial charge in [-0.1, -0.05) is 0 Å². The van der Waals surface area contributed by atoms with Crippen LogP contribution in [0.1, 0.15) is 6.92 Å². The smallest absolute Gasteiger partial charge is 0.289 e. The Kier molecular flexibility index (Phi) is 2.20. The van der Waals surface area contributed by atoms with Crippen molar-refractivity contribution in [3.63, 3.8) is 0 Å². The first-order chi connectivity index (χ1) is 5.57. The molecule has 1 rings (SSSR count). The normalized spacial score (nSPS) is 24.4. The fourth-order valence-corrected chi connectivity index (χ4v) is 0.911. The minimum absolute atomic E-state index is 0.116. The molecule has 5 N–H and O–H groups in total. The predicted molar refractivity (Wildman–Crippen MR) is 41.9 cm³/mol. The Balaban J connectivity index is 2.91. The van der Waals surface area contributed by atoms with Crippen molar-refractivity contribution in [2.45, 2.75) is 13.3 Å². The molecule has 0 saturated heterocycles. The van der Waals surface area contributed by atoms with Crippen LogP contribution in [0, 0.1) is 0 Å². The molecule has 0 spiro atoms. The van der Waals surface area contributed by atoms with Gasteiger partial charge in [-0.25, -0.2) is 10.9 Å². The van der Waals surface area contributed by atoms with Gasteiger partial charge in [-0.2, -0.15) is 0 Å². The van der Waals surface area contributed by atoms with Gasteiger partial charge in [0.25, 0.3) is 5.91 Å². The van der Waals surface area contributed by atoms with Crippen molar-refractivity contribution in [2.75, 3.05) is 7.11 Å². The van der Waals surface area contributed by atoms with Crippen molar-refractivity contribution >= 4 is 5.91 Å². The SMILES string of the molecule is COC1NC(C)=C(N)C(=O)N1N.